The summed E-state index contributed by atoms with van der Waals surface area (Å²) in [5.74, 6) is -0.137. The summed E-state index contributed by atoms with van der Waals surface area (Å²) in [6, 6.07) is 4.35. The molecule has 0 aromatic heterocycles. The van der Waals surface area contributed by atoms with Crippen molar-refractivity contribution in [2.24, 2.45) is 11.7 Å². The summed E-state index contributed by atoms with van der Waals surface area (Å²) in [6.07, 6.45) is 2.47. The molecule has 0 spiro atoms. The van der Waals surface area contributed by atoms with E-state index >= 15 is 0 Å². The summed E-state index contributed by atoms with van der Waals surface area (Å²) in [6.45, 7) is 0. The summed E-state index contributed by atoms with van der Waals surface area (Å²) in [7, 11) is 0. The van der Waals surface area contributed by atoms with Crippen LogP contribution in [0.25, 0.3) is 0 Å². The van der Waals surface area contributed by atoms with Crippen LogP contribution in [0.2, 0.25) is 0 Å². The molecule has 0 saturated heterocycles. The molecule has 1 aliphatic rings. The van der Waals surface area contributed by atoms with E-state index in [2.05, 4.69) is 15.9 Å². The summed E-state index contributed by atoms with van der Waals surface area (Å²) in [5, 5.41) is 10.00. The number of hydrogen-bond acceptors (Lipinski definition) is 2. The van der Waals surface area contributed by atoms with Crippen molar-refractivity contribution in [2.75, 3.05) is 0 Å². The predicted molar refractivity (Wildman–Crippen MR) is 71.6 cm³/mol. The Kier molecular flexibility index (Phi) is 5.38. The molecule has 5 heteroatoms. The Hall–Kier alpha value is -0.160. The van der Waals surface area contributed by atoms with Crippen LogP contribution in [0.3, 0.4) is 0 Å². The monoisotopic (exact) mass is 323 g/mol. The number of nitrogens with two attached hydrogens (primary N) is 1. The second-order valence-corrected chi connectivity index (χ2v) is 5.20. The molecule has 3 N–H and O–H groups in total. The largest absolute Gasteiger partial charge is 0.391 e. The van der Waals surface area contributed by atoms with Gasteiger partial charge in [0.1, 0.15) is 5.82 Å². The van der Waals surface area contributed by atoms with Crippen molar-refractivity contribution in [1.29, 1.82) is 0 Å². The van der Waals surface area contributed by atoms with Gasteiger partial charge in [0.2, 0.25) is 0 Å². The molecule has 0 unspecified atom stereocenters. The van der Waals surface area contributed by atoms with Gasteiger partial charge in [0.15, 0.2) is 0 Å². The maximum atomic E-state index is 13.8. The number of rotatable bonds is 3. The molecule has 0 heterocycles. The van der Waals surface area contributed by atoms with Gasteiger partial charge in [-0.25, -0.2) is 4.39 Å². The number of hydrogen-bond donors (Lipinski definition) is 2. The van der Waals surface area contributed by atoms with E-state index in [-0.39, 0.29) is 24.1 Å². The van der Waals surface area contributed by atoms with Crippen LogP contribution >= 0.6 is 28.3 Å². The zero-order valence-corrected chi connectivity index (χ0v) is 11.7. The Morgan fingerprint density at radius 1 is 1.41 bits per heavy atom. The van der Waals surface area contributed by atoms with Crippen molar-refractivity contribution in [3.05, 3.63) is 34.1 Å². The summed E-state index contributed by atoms with van der Waals surface area (Å²) in [4.78, 5) is 0. The lowest BCUT2D eigenvalue weighted by Crippen LogP contribution is -2.36. The van der Waals surface area contributed by atoms with Gasteiger partial charge in [-0.1, -0.05) is 18.6 Å². The molecule has 0 radical (unpaired) electrons. The van der Waals surface area contributed by atoms with E-state index in [1.54, 1.807) is 18.2 Å². The van der Waals surface area contributed by atoms with Crippen molar-refractivity contribution in [3.8, 4) is 0 Å². The highest BCUT2D eigenvalue weighted by Gasteiger charge is 2.31. The molecule has 1 fully saturated rings. The van der Waals surface area contributed by atoms with E-state index in [9.17, 15) is 9.50 Å². The quantitative estimate of drug-likeness (QED) is 0.897. The van der Waals surface area contributed by atoms with E-state index in [1.807, 2.05) is 0 Å². The third-order valence-corrected chi connectivity index (χ3v) is 3.95. The van der Waals surface area contributed by atoms with Crippen LogP contribution in [0, 0.1) is 11.7 Å². The smallest absolute Gasteiger partial charge is 0.142 e. The van der Waals surface area contributed by atoms with Crippen LogP contribution in [0.4, 0.5) is 4.39 Å². The predicted octanol–water partition coefficient (Wildman–Crippen LogP) is 3.17. The fraction of sp³-hybridized carbons (Fsp3) is 0.500. The first-order valence-electron chi connectivity index (χ1n) is 5.49. The minimum absolute atomic E-state index is 0. The number of aliphatic hydroxyl groups is 1. The van der Waals surface area contributed by atoms with Gasteiger partial charge in [-0.2, -0.15) is 0 Å². The molecule has 2 nitrogen and oxygen atoms in total. The van der Waals surface area contributed by atoms with Gasteiger partial charge in [0.25, 0.3) is 0 Å². The topological polar surface area (TPSA) is 46.2 Å². The number of benzene rings is 1. The molecule has 1 aromatic rings. The highest BCUT2D eigenvalue weighted by Crippen LogP contribution is 2.35. The summed E-state index contributed by atoms with van der Waals surface area (Å²) < 4.78 is 14.1. The minimum atomic E-state index is -0.641. The molecule has 96 valence electrons. The lowest BCUT2D eigenvalue weighted by atomic mass is 9.77. The van der Waals surface area contributed by atoms with Crippen LogP contribution in [0.1, 0.15) is 30.9 Å². The first-order chi connectivity index (χ1) is 7.61. The standard InChI is InChI=1S/C12H15BrFNO.ClH/c13-9-6-2-5-8(10(9)14)11(15)12(16)7-3-1-4-7;/h2,5-7,11-12,16H,1,3-4,15H2;1H/t11-,12+;/m0./s1. The maximum absolute atomic E-state index is 13.8. The third kappa shape index (κ3) is 2.99. The second-order valence-electron chi connectivity index (χ2n) is 4.35. The zero-order chi connectivity index (χ0) is 11.7. The van der Waals surface area contributed by atoms with Gasteiger partial charge in [0.05, 0.1) is 16.6 Å². The van der Waals surface area contributed by atoms with Crippen LogP contribution < -0.4 is 5.73 Å². The lowest BCUT2D eigenvalue weighted by Gasteiger charge is -2.33. The van der Waals surface area contributed by atoms with Gasteiger partial charge < -0.3 is 10.8 Å². The Balaban J connectivity index is 0.00000144. The van der Waals surface area contributed by atoms with E-state index in [1.165, 1.54) is 0 Å². The first-order valence-corrected chi connectivity index (χ1v) is 6.28. The van der Waals surface area contributed by atoms with Gasteiger partial charge in [0, 0.05) is 5.56 Å². The minimum Gasteiger partial charge on any atom is -0.391 e. The second kappa shape index (κ2) is 6.14. The summed E-state index contributed by atoms with van der Waals surface area (Å²) >= 11 is 3.12. The van der Waals surface area contributed by atoms with E-state index in [0.29, 0.717) is 10.0 Å². The molecule has 17 heavy (non-hydrogen) atoms. The fourth-order valence-electron chi connectivity index (χ4n) is 2.04. The highest BCUT2D eigenvalue weighted by molar-refractivity contribution is 9.10. The molecule has 1 aromatic carbocycles. The molecule has 2 rings (SSSR count). The molecule has 2 atom stereocenters. The Bertz CT molecular complexity index is 387. The Labute approximate surface area is 115 Å². The molecular formula is C12H16BrClFNO. The molecule has 0 aliphatic heterocycles. The van der Waals surface area contributed by atoms with E-state index in [4.69, 9.17) is 5.73 Å². The summed E-state index contributed by atoms with van der Waals surface area (Å²) in [5.41, 5.74) is 6.29. The van der Waals surface area contributed by atoms with Gasteiger partial charge in [-0.3, -0.25) is 0 Å². The van der Waals surface area contributed by atoms with E-state index < -0.39 is 12.1 Å². The average Bonchev–Trinajstić information content (AvgIpc) is 2.18. The van der Waals surface area contributed by atoms with Gasteiger partial charge in [-0.15, -0.1) is 12.4 Å². The van der Waals surface area contributed by atoms with Crippen LogP contribution in [-0.2, 0) is 0 Å². The third-order valence-electron chi connectivity index (χ3n) is 3.34. The van der Waals surface area contributed by atoms with Crippen LogP contribution in [-0.4, -0.2) is 11.2 Å². The fourth-order valence-corrected chi connectivity index (χ4v) is 2.42. The first kappa shape index (κ1) is 14.9. The molecule has 0 bridgehead atoms. The van der Waals surface area contributed by atoms with E-state index in [0.717, 1.165) is 19.3 Å². The Morgan fingerprint density at radius 3 is 2.59 bits per heavy atom. The van der Waals surface area contributed by atoms with Crippen molar-refractivity contribution < 1.29 is 9.50 Å². The van der Waals surface area contributed by atoms with Crippen molar-refractivity contribution >= 4 is 28.3 Å². The molecule has 1 aliphatic carbocycles. The van der Waals surface area contributed by atoms with Gasteiger partial charge >= 0.3 is 0 Å². The molecule has 1 saturated carbocycles. The number of halogens is 3. The maximum Gasteiger partial charge on any atom is 0.142 e. The van der Waals surface area contributed by atoms with Crippen molar-refractivity contribution in [2.45, 2.75) is 31.4 Å². The van der Waals surface area contributed by atoms with Crippen molar-refractivity contribution in [3.63, 3.8) is 0 Å². The van der Waals surface area contributed by atoms with Crippen LogP contribution in [0.5, 0.6) is 0 Å². The molecular weight excluding hydrogens is 308 g/mol. The average molecular weight is 325 g/mol. The SMILES string of the molecule is Cl.N[C@@H](c1cccc(Br)c1F)[C@H](O)C1CCC1. The zero-order valence-electron chi connectivity index (χ0n) is 9.27. The van der Waals surface area contributed by atoms with Gasteiger partial charge in [-0.05, 0) is 40.8 Å². The van der Waals surface area contributed by atoms with Crippen molar-refractivity contribution in [1.82, 2.24) is 0 Å². The molecule has 0 amide bonds. The Morgan fingerprint density at radius 2 is 2.06 bits per heavy atom. The normalized spacial score (nSPS) is 19.1. The lowest BCUT2D eigenvalue weighted by molar-refractivity contribution is 0.0404. The number of aliphatic hydroxyl groups excluding tert-OH is 1. The highest BCUT2D eigenvalue weighted by atomic mass is 79.9. The van der Waals surface area contributed by atoms with Crippen LogP contribution in [0.15, 0.2) is 22.7 Å².